The number of rotatable bonds is 6. The molecule has 7 heteroatoms. The predicted molar refractivity (Wildman–Crippen MR) is 89.6 cm³/mol. The zero-order valence-corrected chi connectivity index (χ0v) is 14.5. The highest BCUT2D eigenvalue weighted by atomic mass is 32.2. The number of hydrogen-bond acceptors (Lipinski definition) is 5. The van der Waals surface area contributed by atoms with E-state index >= 15 is 0 Å². The molecule has 23 heavy (non-hydrogen) atoms. The summed E-state index contributed by atoms with van der Waals surface area (Å²) >= 11 is 0. The summed E-state index contributed by atoms with van der Waals surface area (Å²) in [5, 5.41) is 0. The van der Waals surface area contributed by atoms with Crippen LogP contribution in [-0.2, 0) is 19.6 Å². The van der Waals surface area contributed by atoms with Crippen molar-refractivity contribution in [2.24, 2.45) is 11.7 Å². The molecule has 0 bridgehead atoms. The Kier molecular flexibility index (Phi) is 9.40. The van der Waals surface area contributed by atoms with Crippen molar-refractivity contribution >= 4 is 16.1 Å². The van der Waals surface area contributed by atoms with Crippen LogP contribution in [0.15, 0.2) is 41.8 Å². The van der Waals surface area contributed by atoms with E-state index in [9.17, 15) is 13.2 Å². The minimum Gasteiger partial charge on any atom is -0.460 e. The van der Waals surface area contributed by atoms with Gasteiger partial charge in [-0.1, -0.05) is 44.2 Å². The molecule has 1 aromatic rings. The van der Waals surface area contributed by atoms with Crippen molar-refractivity contribution in [3.05, 3.63) is 42.5 Å². The molecular weight excluding hydrogens is 318 g/mol. The first-order chi connectivity index (χ1) is 10.6. The summed E-state index contributed by atoms with van der Waals surface area (Å²) in [5.74, 6) is 0.0693. The van der Waals surface area contributed by atoms with Gasteiger partial charge in [0.15, 0.2) is 0 Å². The highest BCUT2D eigenvalue weighted by Gasteiger charge is 2.15. The highest BCUT2D eigenvalue weighted by molar-refractivity contribution is 7.85. The van der Waals surface area contributed by atoms with Crippen LogP contribution < -0.4 is 5.73 Å². The van der Waals surface area contributed by atoms with E-state index in [1.54, 1.807) is 12.1 Å². The van der Waals surface area contributed by atoms with E-state index in [1.807, 2.05) is 20.8 Å². The topological polar surface area (TPSA) is 107 Å². The first-order valence-corrected chi connectivity index (χ1v) is 8.59. The van der Waals surface area contributed by atoms with E-state index in [0.29, 0.717) is 12.3 Å². The molecule has 0 aliphatic rings. The molecule has 130 valence electrons. The average Bonchev–Trinajstić information content (AvgIpc) is 2.44. The third-order valence-corrected chi connectivity index (χ3v) is 3.56. The Morgan fingerprint density at radius 3 is 2.26 bits per heavy atom. The lowest BCUT2D eigenvalue weighted by atomic mass is 10.1. The van der Waals surface area contributed by atoms with E-state index in [0.717, 1.165) is 5.56 Å². The van der Waals surface area contributed by atoms with E-state index in [4.69, 9.17) is 15.0 Å². The molecule has 0 spiro atoms. The van der Waals surface area contributed by atoms with Gasteiger partial charge >= 0.3 is 5.97 Å². The van der Waals surface area contributed by atoms with E-state index < -0.39 is 16.2 Å². The number of benzene rings is 1. The van der Waals surface area contributed by atoms with E-state index in [1.165, 1.54) is 18.2 Å². The Bertz CT molecular complexity index is 593. The van der Waals surface area contributed by atoms with Gasteiger partial charge in [0.05, 0.1) is 4.90 Å². The maximum Gasteiger partial charge on any atom is 0.323 e. The maximum absolute atomic E-state index is 11.0. The Hall–Kier alpha value is -1.70. The van der Waals surface area contributed by atoms with Crippen molar-refractivity contribution in [2.75, 3.05) is 6.61 Å². The van der Waals surface area contributed by atoms with Gasteiger partial charge in [-0.05, 0) is 31.4 Å². The largest absolute Gasteiger partial charge is 0.460 e. The molecule has 0 heterocycles. The fourth-order valence-corrected chi connectivity index (χ4v) is 2.04. The lowest BCUT2D eigenvalue weighted by Gasteiger charge is -2.11. The number of aryl methyl sites for hydroxylation is 1. The molecule has 0 unspecified atom stereocenters. The van der Waals surface area contributed by atoms with Crippen molar-refractivity contribution in [3.63, 3.8) is 0 Å². The Morgan fingerprint density at radius 1 is 1.35 bits per heavy atom. The molecule has 0 aromatic heterocycles. The molecule has 3 N–H and O–H groups in total. The molecule has 0 aliphatic carbocycles. The summed E-state index contributed by atoms with van der Waals surface area (Å²) in [7, 11) is -4.02. The van der Waals surface area contributed by atoms with Crippen molar-refractivity contribution in [1.82, 2.24) is 0 Å². The van der Waals surface area contributed by atoms with Gasteiger partial charge < -0.3 is 10.5 Å². The lowest BCUT2D eigenvalue weighted by Crippen LogP contribution is -2.33. The molecule has 1 rings (SSSR count). The molecule has 1 atom stereocenters. The molecular formula is C16H25NO5S. The average molecular weight is 343 g/mol. The predicted octanol–water partition coefficient (Wildman–Crippen LogP) is 2.33. The second kappa shape index (κ2) is 10.1. The molecule has 0 aliphatic heterocycles. The van der Waals surface area contributed by atoms with Gasteiger partial charge in [-0.25, -0.2) is 0 Å². The number of esters is 1. The van der Waals surface area contributed by atoms with Crippen molar-refractivity contribution in [3.8, 4) is 0 Å². The van der Waals surface area contributed by atoms with Crippen molar-refractivity contribution < 1.29 is 22.5 Å². The minimum atomic E-state index is -4.02. The van der Waals surface area contributed by atoms with Crippen LogP contribution in [0.2, 0.25) is 0 Å². The van der Waals surface area contributed by atoms with Crippen molar-refractivity contribution in [1.29, 1.82) is 0 Å². The SMILES string of the molecule is C=CCOC(=O)[C@@H](N)CC(C)C.Cc1ccc(S(=O)(=O)O)cc1. The minimum absolute atomic E-state index is 0.0666. The summed E-state index contributed by atoms with van der Waals surface area (Å²) < 4.78 is 34.3. The Labute approximate surface area is 138 Å². The molecule has 6 nitrogen and oxygen atoms in total. The number of ether oxygens (including phenoxy) is 1. The van der Waals surface area contributed by atoms with Gasteiger partial charge in [-0.3, -0.25) is 9.35 Å². The van der Waals surface area contributed by atoms with Crippen LogP contribution in [0.3, 0.4) is 0 Å². The monoisotopic (exact) mass is 343 g/mol. The third kappa shape index (κ3) is 9.83. The third-order valence-electron chi connectivity index (χ3n) is 2.69. The van der Waals surface area contributed by atoms with Gasteiger partial charge in [-0.2, -0.15) is 8.42 Å². The summed E-state index contributed by atoms with van der Waals surface area (Å²) in [6.45, 7) is 9.55. The molecule has 0 radical (unpaired) electrons. The van der Waals surface area contributed by atoms with E-state index in [-0.39, 0.29) is 17.5 Å². The van der Waals surface area contributed by atoms with Crippen LogP contribution in [0.1, 0.15) is 25.8 Å². The molecule has 1 aromatic carbocycles. The van der Waals surface area contributed by atoms with Crippen LogP contribution in [0.25, 0.3) is 0 Å². The highest BCUT2D eigenvalue weighted by Crippen LogP contribution is 2.08. The van der Waals surface area contributed by atoms with Crippen molar-refractivity contribution in [2.45, 2.75) is 38.1 Å². The molecule has 0 amide bonds. The van der Waals surface area contributed by atoms with Crippen LogP contribution in [0, 0.1) is 12.8 Å². The summed E-state index contributed by atoms with van der Waals surface area (Å²) in [6.07, 6.45) is 2.19. The summed E-state index contributed by atoms with van der Waals surface area (Å²) in [6, 6.07) is 5.49. The summed E-state index contributed by atoms with van der Waals surface area (Å²) in [4.78, 5) is 11.0. The first-order valence-electron chi connectivity index (χ1n) is 7.15. The first kappa shape index (κ1) is 21.3. The zero-order chi connectivity index (χ0) is 18.0. The molecule has 0 fully saturated rings. The summed E-state index contributed by atoms with van der Waals surface area (Å²) in [5.41, 5.74) is 6.51. The van der Waals surface area contributed by atoms with Gasteiger partial charge in [0, 0.05) is 0 Å². The zero-order valence-electron chi connectivity index (χ0n) is 13.7. The number of nitrogens with two attached hydrogens (primary N) is 1. The van der Waals surface area contributed by atoms with Crippen LogP contribution in [-0.4, -0.2) is 31.6 Å². The molecule has 0 saturated carbocycles. The van der Waals surface area contributed by atoms with Crippen LogP contribution in [0.5, 0.6) is 0 Å². The number of hydrogen-bond donors (Lipinski definition) is 2. The fraction of sp³-hybridized carbons (Fsp3) is 0.438. The Morgan fingerprint density at radius 2 is 1.87 bits per heavy atom. The van der Waals surface area contributed by atoms with Crippen LogP contribution in [0.4, 0.5) is 0 Å². The van der Waals surface area contributed by atoms with Gasteiger partial charge in [0.1, 0.15) is 12.6 Å². The van der Waals surface area contributed by atoms with Gasteiger partial charge in [-0.15, -0.1) is 0 Å². The van der Waals surface area contributed by atoms with E-state index in [2.05, 4.69) is 6.58 Å². The Balaban J connectivity index is 0.000000422. The smallest absolute Gasteiger partial charge is 0.323 e. The standard InChI is InChI=1S/C9H17NO2.C7H8O3S/c1-4-5-12-9(11)8(10)6-7(2)3;1-6-2-4-7(5-3-6)11(8,9)10/h4,7-8H,1,5-6,10H2,2-3H3;2-5H,1H3,(H,8,9,10)/t8-;/m0./s1. The maximum atomic E-state index is 11.0. The lowest BCUT2D eigenvalue weighted by molar-refractivity contribution is -0.144. The quantitative estimate of drug-likeness (QED) is 0.466. The second-order valence-electron chi connectivity index (χ2n) is 5.44. The second-order valence-corrected chi connectivity index (χ2v) is 6.86. The van der Waals surface area contributed by atoms with Gasteiger partial charge in [0.25, 0.3) is 10.1 Å². The fourth-order valence-electron chi connectivity index (χ4n) is 1.56. The van der Waals surface area contributed by atoms with Gasteiger partial charge in [0.2, 0.25) is 0 Å². The number of carbonyl (C=O) groups excluding carboxylic acids is 1. The molecule has 0 saturated heterocycles. The normalized spacial score (nSPS) is 12.1. The number of carbonyl (C=O) groups is 1. The van der Waals surface area contributed by atoms with Crippen LogP contribution >= 0.6 is 0 Å².